The molecule has 11 heteroatoms. The van der Waals surface area contributed by atoms with E-state index in [1.165, 1.54) is 11.8 Å². The Morgan fingerprint density at radius 1 is 1.08 bits per heavy atom. The normalized spacial score (nSPS) is 10.4. The van der Waals surface area contributed by atoms with Gasteiger partial charge >= 0.3 is 6.03 Å². The molecule has 1 heterocycles. The fraction of sp³-hybridized carbons (Fsp3) is 0.0769. The third-order valence-corrected chi connectivity index (χ3v) is 6.72. The summed E-state index contributed by atoms with van der Waals surface area (Å²) in [6.45, 7) is 0. The van der Waals surface area contributed by atoms with Crippen LogP contribution in [0.2, 0.25) is 10.0 Å². The van der Waals surface area contributed by atoms with Gasteiger partial charge in [0.1, 0.15) is 17.4 Å². The number of carbonyl (C=O) groups is 1. The third-order valence-electron chi connectivity index (χ3n) is 5.14. The molecule has 2 amide bonds. The molecule has 0 spiro atoms. The summed E-state index contributed by atoms with van der Waals surface area (Å²) in [5.41, 5.74) is 2.15. The van der Waals surface area contributed by atoms with Crippen LogP contribution >= 0.6 is 35.0 Å². The van der Waals surface area contributed by atoms with E-state index < -0.39 is 11.6 Å². The molecule has 0 aliphatic heterocycles. The Morgan fingerprint density at radius 2 is 1.78 bits per heavy atom. The van der Waals surface area contributed by atoms with Crippen molar-refractivity contribution in [1.29, 1.82) is 5.26 Å². The fourth-order valence-corrected chi connectivity index (χ4v) is 4.64. The summed E-state index contributed by atoms with van der Waals surface area (Å²) in [5.74, 6) is 1.09. The zero-order valence-electron chi connectivity index (χ0n) is 19.3. The molecule has 0 bridgehead atoms. The average Bonchev–Trinajstić information content (AvgIpc) is 2.90. The van der Waals surface area contributed by atoms with E-state index in [1.807, 2.05) is 18.2 Å². The molecule has 4 rings (SSSR count). The first-order valence-corrected chi connectivity index (χ1v) is 12.5. The van der Waals surface area contributed by atoms with E-state index in [4.69, 9.17) is 27.9 Å². The monoisotopic (exact) mass is 551 g/mol. The number of urea groups is 1. The lowest BCUT2D eigenvalue weighted by Gasteiger charge is -2.11. The van der Waals surface area contributed by atoms with Crippen molar-refractivity contribution in [3.63, 3.8) is 0 Å². The summed E-state index contributed by atoms with van der Waals surface area (Å²) in [5, 5.41) is 15.9. The van der Waals surface area contributed by atoms with Crippen LogP contribution in [0, 0.1) is 11.3 Å². The molecule has 0 atom stereocenters. The standard InChI is InChI=1S/C26H19Cl2N5O3S/c1-36-18-5-2-4-16(12-18)22-19(13-29)24(34)33-26(32-22)37-14-15-8-10-17(11-9-15)30-25(35)31-23-20(27)6-3-7-21(23)28/h2-12H,14H2,1H3,(H2,30,31,35)(H,32,33,34). The molecule has 0 saturated heterocycles. The van der Waals surface area contributed by atoms with Crippen molar-refractivity contribution >= 4 is 52.4 Å². The molecule has 3 aromatic carbocycles. The highest BCUT2D eigenvalue weighted by atomic mass is 35.5. The van der Waals surface area contributed by atoms with Crippen LogP contribution in [0.3, 0.4) is 0 Å². The molecule has 0 fully saturated rings. The van der Waals surface area contributed by atoms with Crippen LogP contribution in [0.1, 0.15) is 11.1 Å². The average molecular weight is 552 g/mol. The van der Waals surface area contributed by atoms with E-state index in [-0.39, 0.29) is 11.3 Å². The molecular formula is C26H19Cl2N5O3S. The Bertz CT molecular complexity index is 1530. The number of nitriles is 1. The van der Waals surface area contributed by atoms with Gasteiger partial charge in [-0.2, -0.15) is 5.26 Å². The molecule has 0 aliphatic carbocycles. The minimum Gasteiger partial charge on any atom is -0.497 e. The molecule has 0 radical (unpaired) electrons. The molecule has 0 saturated carbocycles. The number of rotatable bonds is 7. The highest BCUT2D eigenvalue weighted by molar-refractivity contribution is 7.98. The number of benzene rings is 3. The van der Waals surface area contributed by atoms with Gasteiger partial charge in [-0.15, -0.1) is 0 Å². The highest BCUT2D eigenvalue weighted by Crippen LogP contribution is 2.30. The van der Waals surface area contributed by atoms with E-state index in [0.717, 1.165) is 5.56 Å². The molecular weight excluding hydrogens is 533 g/mol. The Kier molecular flexibility index (Phi) is 8.36. The van der Waals surface area contributed by atoms with Gasteiger partial charge in [-0.3, -0.25) is 4.79 Å². The van der Waals surface area contributed by atoms with Crippen LogP contribution in [-0.4, -0.2) is 23.1 Å². The van der Waals surface area contributed by atoms with Crippen LogP contribution in [0.5, 0.6) is 5.75 Å². The van der Waals surface area contributed by atoms with Crippen LogP contribution in [0.15, 0.2) is 76.7 Å². The van der Waals surface area contributed by atoms with Gasteiger partial charge in [-0.25, -0.2) is 9.78 Å². The number of nitrogens with zero attached hydrogens (tertiary/aromatic N) is 2. The maximum Gasteiger partial charge on any atom is 0.323 e. The molecule has 186 valence electrons. The second kappa shape index (κ2) is 11.8. The minimum atomic E-state index is -0.512. The van der Waals surface area contributed by atoms with Crippen LogP contribution in [0.4, 0.5) is 16.2 Å². The summed E-state index contributed by atoms with van der Waals surface area (Å²) in [7, 11) is 1.54. The summed E-state index contributed by atoms with van der Waals surface area (Å²) in [6.07, 6.45) is 0. The van der Waals surface area contributed by atoms with Gasteiger partial charge in [0.25, 0.3) is 5.56 Å². The van der Waals surface area contributed by atoms with Gasteiger partial charge in [0.2, 0.25) is 0 Å². The first-order chi connectivity index (χ1) is 17.9. The highest BCUT2D eigenvalue weighted by Gasteiger charge is 2.15. The quantitative estimate of drug-likeness (QED) is 0.176. The molecule has 3 N–H and O–H groups in total. The number of hydrogen-bond acceptors (Lipinski definition) is 6. The van der Waals surface area contributed by atoms with Crippen molar-refractivity contribution in [2.24, 2.45) is 0 Å². The Morgan fingerprint density at radius 3 is 2.46 bits per heavy atom. The second-order valence-electron chi connectivity index (χ2n) is 7.60. The van der Waals surface area contributed by atoms with Gasteiger partial charge in [-0.1, -0.05) is 65.3 Å². The van der Waals surface area contributed by atoms with Crippen molar-refractivity contribution in [2.45, 2.75) is 10.9 Å². The molecule has 8 nitrogen and oxygen atoms in total. The first kappa shape index (κ1) is 26.1. The number of amides is 2. The lowest BCUT2D eigenvalue weighted by molar-refractivity contribution is 0.262. The van der Waals surface area contributed by atoms with Crippen LogP contribution in [-0.2, 0) is 5.75 Å². The van der Waals surface area contributed by atoms with Crippen molar-refractivity contribution in [3.8, 4) is 23.1 Å². The number of methoxy groups -OCH3 is 1. The van der Waals surface area contributed by atoms with Crippen molar-refractivity contribution in [1.82, 2.24) is 9.97 Å². The number of thioether (sulfide) groups is 1. The number of carbonyl (C=O) groups excluding carboxylic acids is 1. The number of halogens is 2. The van der Waals surface area contributed by atoms with Crippen molar-refractivity contribution < 1.29 is 9.53 Å². The van der Waals surface area contributed by atoms with E-state index in [0.29, 0.717) is 43.6 Å². The predicted molar refractivity (Wildman–Crippen MR) is 147 cm³/mol. The van der Waals surface area contributed by atoms with E-state index in [9.17, 15) is 14.9 Å². The van der Waals surface area contributed by atoms with Gasteiger partial charge in [-0.05, 0) is 42.0 Å². The summed E-state index contributed by atoms with van der Waals surface area (Å²) < 4.78 is 5.25. The van der Waals surface area contributed by atoms with Crippen LogP contribution in [0.25, 0.3) is 11.3 Å². The van der Waals surface area contributed by atoms with Gasteiger partial charge in [0.05, 0.1) is 28.5 Å². The number of ether oxygens (including phenoxy) is 1. The zero-order valence-corrected chi connectivity index (χ0v) is 21.7. The van der Waals surface area contributed by atoms with Gasteiger partial charge < -0.3 is 20.4 Å². The summed E-state index contributed by atoms with van der Waals surface area (Å²) in [6, 6.07) is 20.6. The SMILES string of the molecule is COc1cccc(-c2nc(SCc3ccc(NC(=O)Nc4c(Cl)cccc4Cl)cc3)[nH]c(=O)c2C#N)c1. The largest absolute Gasteiger partial charge is 0.497 e. The van der Waals surface area contributed by atoms with Crippen molar-refractivity contribution in [2.75, 3.05) is 17.7 Å². The third kappa shape index (κ3) is 6.43. The van der Waals surface area contributed by atoms with E-state index in [1.54, 1.807) is 61.7 Å². The second-order valence-corrected chi connectivity index (χ2v) is 9.38. The number of para-hydroxylation sites is 1. The number of hydrogen-bond donors (Lipinski definition) is 3. The number of aromatic amines is 1. The number of H-pyrrole nitrogens is 1. The topological polar surface area (TPSA) is 120 Å². The smallest absolute Gasteiger partial charge is 0.323 e. The first-order valence-electron chi connectivity index (χ1n) is 10.8. The van der Waals surface area contributed by atoms with E-state index >= 15 is 0 Å². The maximum atomic E-state index is 12.5. The van der Waals surface area contributed by atoms with E-state index in [2.05, 4.69) is 20.6 Å². The minimum absolute atomic E-state index is 0.0654. The predicted octanol–water partition coefficient (Wildman–Crippen LogP) is 6.56. The molecule has 37 heavy (non-hydrogen) atoms. The zero-order chi connectivity index (χ0) is 26.4. The van der Waals surface area contributed by atoms with Gasteiger partial charge in [0.15, 0.2) is 5.16 Å². The Balaban J connectivity index is 1.44. The number of nitrogens with one attached hydrogen (secondary N) is 3. The lowest BCUT2D eigenvalue weighted by atomic mass is 10.1. The summed E-state index contributed by atoms with van der Waals surface area (Å²) in [4.78, 5) is 32.0. The lowest BCUT2D eigenvalue weighted by Crippen LogP contribution is -2.19. The van der Waals surface area contributed by atoms with Crippen molar-refractivity contribution in [3.05, 3.63) is 98.3 Å². The molecule has 1 aromatic heterocycles. The van der Waals surface area contributed by atoms with Crippen LogP contribution < -0.4 is 20.9 Å². The molecule has 4 aromatic rings. The maximum absolute atomic E-state index is 12.5. The Hall–Kier alpha value is -3.97. The fourth-order valence-electron chi connectivity index (χ4n) is 3.33. The number of aromatic nitrogens is 2. The number of anilines is 2. The van der Waals surface area contributed by atoms with Gasteiger partial charge in [0, 0.05) is 17.0 Å². The molecule has 0 unspecified atom stereocenters. The Labute approximate surface area is 226 Å². The molecule has 0 aliphatic rings. The summed E-state index contributed by atoms with van der Waals surface area (Å²) >= 11 is 13.5.